The van der Waals surface area contributed by atoms with E-state index in [2.05, 4.69) is 10.1 Å². The van der Waals surface area contributed by atoms with Crippen LogP contribution >= 0.6 is 0 Å². The largest absolute Gasteiger partial charge is 0.416 e. The van der Waals surface area contributed by atoms with Gasteiger partial charge in [0.25, 0.3) is 0 Å². The number of aryl methyl sites for hydroxylation is 1. The van der Waals surface area contributed by atoms with Crippen LogP contribution in [0.25, 0.3) is 0 Å². The van der Waals surface area contributed by atoms with E-state index in [-0.39, 0.29) is 18.2 Å². The highest BCUT2D eigenvalue weighted by molar-refractivity contribution is 5.96. The van der Waals surface area contributed by atoms with Crippen LogP contribution in [0, 0.1) is 0 Å². The molecule has 0 aliphatic carbocycles. The smallest absolute Gasteiger partial charge is 0.339 e. The fourth-order valence-electron chi connectivity index (χ4n) is 2.71. The maximum absolute atomic E-state index is 12.6. The average Bonchev–Trinajstić information content (AvgIpc) is 3.14. The maximum Gasteiger partial charge on any atom is 0.416 e. The Kier molecular flexibility index (Phi) is 4.29. The highest BCUT2D eigenvalue weighted by Crippen LogP contribution is 2.34. The van der Waals surface area contributed by atoms with Crippen molar-refractivity contribution >= 4 is 11.6 Å². The first-order valence-corrected chi connectivity index (χ1v) is 7.68. The van der Waals surface area contributed by atoms with Gasteiger partial charge in [0, 0.05) is 25.1 Å². The van der Waals surface area contributed by atoms with Gasteiger partial charge < -0.3 is 9.42 Å². The molecule has 2 heterocycles. The molecule has 0 saturated carbocycles. The molecule has 8 heteroatoms. The molecule has 24 heavy (non-hydrogen) atoms. The maximum atomic E-state index is 12.6. The summed E-state index contributed by atoms with van der Waals surface area (Å²) in [5.41, 5.74) is -0.306. The van der Waals surface area contributed by atoms with Crippen molar-refractivity contribution in [3.05, 3.63) is 41.5 Å². The number of halogens is 3. The summed E-state index contributed by atoms with van der Waals surface area (Å²) in [6.45, 7) is 2.32. The Balaban J connectivity index is 1.74. The normalized spacial score (nSPS) is 18.4. The second kappa shape index (κ2) is 6.26. The van der Waals surface area contributed by atoms with Crippen LogP contribution in [0.3, 0.4) is 0 Å². The van der Waals surface area contributed by atoms with Gasteiger partial charge in [-0.2, -0.15) is 18.2 Å². The molecule has 1 saturated heterocycles. The minimum atomic E-state index is -4.39. The van der Waals surface area contributed by atoms with Gasteiger partial charge in [-0.15, -0.1) is 0 Å². The molecule has 1 fully saturated rings. The predicted octanol–water partition coefficient (Wildman–Crippen LogP) is 3.56. The fraction of sp³-hybridized carbons (Fsp3) is 0.438. The molecule has 128 valence electrons. The van der Waals surface area contributed by atoms with Crippen LogP contribution in [-0.4, -0.2) is 22.6 Å². The Morgan fingerprint density at radius 2 is 2.00 bits per heavy atom. The average molecular weight is 339 g/mol. The van der Waals surface area contributed by atoms with E-state index < -0.39 is 11.7 Å². The molecular formula is C16H16F3N3O2. The van der Waals surface area contributed by atoms with Gasteiger partial charge in [-0.05, 0) is 30.7 Å². The topological polar surface area (TPSA) is 59.2 Å². The van der Waals surface area contributed by atoms with Gasteiger partial charge in [-0.25, -0.2) is 0 Å². The highest BCUT2D eigenvalue weighted by Gasteiger charge is 2.36. The lowest BCUT2D eigenvalue weighted by Gasteiger charge is -2.17. The van der Waals surface area contributed by atoms with Crippen LogP contribution in [-0.2, 0) is 17.4 Å². The van der Waals surface area contributed by atoms with Gasteiger partial charge in [0.15, 0.2) is 5.82 Å². The molecule has 1 aromatic carbocycles. The lowest BCUT2D eigenvalue weighted by molar-refractivity contribution is -0.137. The molecule has 3 rings (SSSR count). The van der Waals surface area contributed by atoms with Gasteiger partial charge in [-0.1, -0.05) is 12.1 Å². The SMILES string of the molecule is CCCc1noc(C2CC(=O)N(c3ccc(C(F)(F)F)cc3)C2)n1. The number of alkyl halides is 3. The third-order valence-electron chi connectivity index (χ3n) is 3.94. The number of hydrogen-bond acceptors (Lipinski definition) is 4. The second-order valence-corrected chi connectivity index (χ2v) is 5.75. The van der Waals surface area contributed by atoms with E-state index in [0.29, 0.717) is 30.4 Å². The number of benzene rings is 1. The summed E-state index contributed by atoms with van der Waals surface area (Å²) in [5.74, 6) is 0.599. The molecule has 0 spiro atoms. The first kappa shape index (κ1) is 16.5. The number of nitrogens with zero attached hydrogens (tertiary/aromatic N) is 3. The van der Waals surface area contributed by atoms with Crippen molar-refractivity contribution in [2.24, 2.45) is 0 Å². The molecule has 0 N–H and O–H groups in total. The van der Waals surface area contributed by atoms with Gasteiger partial charge >= 0.3 is 6.18 Å². The number of hydrogen-bond donors (Lipinski definition) is 0. The van der Waals surface area contributed by atoms with E-state index in [9.17, 15) is 18.0 Å². The van der Waals surface area contributed by atoms with Gasteiger partial charge in [-0.3, -0.25) is 4.79 Å². The van der Waals surface area contributed by atoms with E-state index in [1.54, 1.807) is 0 Å². The van der Waals surface area contributed by atoms with Crippen LogP contribution < -0.4 is 4.90 Å². The number of carbonyl (C=O) groups excluding carboxylic acids is 1. The van der Waals surface area contributed by atoms with Gasteiger partial charge in [0.05, 0.1) is 11.5 Å². The van der Waals surface area contributed by atoms with E-state index in [4.69, 9.17) is 4.52 Å². The third kappa shape index (κ3) is 3.27. The molecule has 1 aliphatic rings. The minimum absolute atomic E-state index is 0.171. The quantitative estimate of drug-likeness (QED) is 0.854. The second-order valence-electron chi connectivity index (χ2n) is 5.75. The first-order valence-electron chi connectivity index (χ1n) is 7.68. The van der Waals surface area contributed by atoms with Crippen LogP contribution in [0.5, 0.6) is 0 Å². The van der Waals surface area contributed by atoms with Crippen molar-refractivity contribution in [1.82, 2.24) is 10.1 Å². The summed E-state index contributed by atoms with van der Waals surface area (Å²) in [4.78, 5) is 17.9. The summed E-state index contributed by atoms with van der Waals surface area (Å²) in [6, 6.07) is 4.56. The Labute approximate surface area is 136 Å². The van der Waals surface area contributed by atoms with E-state index >= 15 is 0 Å². The lowest BCUT2D eigenvalue weighted by Crippen LogP contribution is -2.24. The number of aromatic nitrogens is 2. The predicted molar refractivity (Wildman–Crippen MR) is 79.4 cm³/mol. The van der Waals surface area contributed by atoms with Crippen molar-refractivity contribution in [3.8, 4) is 0 Å². The molecule has 0 radical (unpaired) electrons. The van der Waals surface area contributed by atoms with Crippen molar-refractivity contribution < 1.29 is 22.5 Å². The summed E-state index contributed by atoms with van der Waals surface area (Å²) >= 11 is 0. The Hall–Kier alpha value is -2.38. The van der Waals surface area contributed by atoms with Gasteiger partial charge in [0.2, 0.25) is 11.8 Å². The molecule has 1 atom stereocenters. The monoisotopic (exact) mass is 339 g/mol. The van der Waals surface area contributed by atoms with Crippen molar-refractivity contribution in [1.29, 1.82) is 0 Å². The summed E-state index contributed by atoms with van der Waals surface area (Å²) in [5, 5.41) is 3.87. The Morgan fingerprint density at radius 1 is 1.29 bits per heavy atom. The third-order valence-corrected chi connectivity index (χ3v) is 3.94. The number of rotatable bonds is 4. The number of carbonyl (C=O) groups is 1. The van der Waals surface area contributed by atoms with Crippen LogP contribution in [0.4, 0.5) is 18.9 Å². The van der Waals surface area contributed by atoms with Gasteiger partial charge in [0.1, 0.15) is 0 Å². The molecule has 1 aromatic heterocycles. The van der Waals surface area contributed by atoms with E-state index in [1.807, 2.05) is 6.92 Å². The number of amides is 1. The van der Waals surface area contributed by atoms with Crippen LogP contribution in [0.1, 0.15) is 43.0 Å². The summed E-state index contributed by atoms with van der Waals surface area (Å²) < 4.78 is 43.1. The van der Waals surface area contributed by atoms with Crippen LogP contribution in [0.2, 0.25) is 0 Å². The van der Waals surface area contributed by atoms with Crippen molar-refractivity contribution in [2.45, 2.75) is 38.3 Å². The molecular weight excluding hydrogens is 323 g/mol. The summed E-state index contributed by atoms with van der Waals surface area (Å²) in [7, 11) is 0. The Morgan fingerprint density at radius 3 is 2.62 bits per heavy atom. The molecule has 0 bridgehead atoms. The fourth-order valence-corrected chi connectivity index (χ4v) is 2.71. The standard InChI is InChI=1S/C16H16F3N3O2/c1-2-3-13-20-15(24-21-13)10-8-14(23)22(9-10)12-6-4-11(5-7-12)16(17,18)19/h4-7,10H,2-3,8-9H2,1H3. The minimum Gasteiger partial charge on any atom is -0.339 e. The summed E-state index contributed by atoms with van der Waals surface area (Å²) in [6.07, 6.45) is -2.60. The van der Waals surface area contributed by atoms with E-state index in [0.717, 1.165) is 18.6 Å². The first-order chi connectivity index (χ1) is 11.4. The van der Waals surface area contributed by atoms with Crippen LogP contribution in [0.15, 0.2) is 28.8 Å². The van der Waals surface area contributed by atoms with Crippen molar-refractivity contribution in [3.63, 3.8) is 0 Å². The number of anilines is 1. The van der Waals surface area contributed by atoms with Crippen molar-refractivity contribution in [2.75, 3.05) is 11.4 Å². The highest BCUT2D eigenvalue weighted by atomic mass is 19.4. The zero-order chi connectivity index (χ0) is 17.3. The lowest BCUT2D eigenvalue weighted by atomic mass is 10.1. The zero-order valence-corrected chi connectivity index (χ0v) is 13.0. The molecule has 2 aromatic rings. The molecule has 1 aliphatic heterocycles. The Bertz CT molecular complexity index is 725. The zero-order valence-electron chi connectivity index (χ0n) is 13.0. The molecule has 1 amide bonds. The molecule has 5 nitrogen and oxygen atoms in total. The van der Waals surface area contributed by atoms with E-state index in [1.165, 1.54) is 17.0 Å². The molecule has 1 unspecified atom stereocenters.